The first-order valence-electron chi connectivity index (χ1n) is 8.25. The topological polar surface area (TPSA) is 78.8 Å². The monoisotopic (exact) mass is 375 g/mol. The van der Waals surface area contributed by atoms with Gasteiger partial charge in [0.25, 0.3) is 5.56 Å². The number of ether oxygens (including phenoxy) is 1. The normalized spacial score (nSPS) is 10.7. The van der Waals surface area contributed by atoms with E-state index in [0.717, 1.165) is 5.56 Å². The fourth-order valence-corrected chi connectivity index (χ4v) is 2.90. The van der Waals surface area contributed by atoms with Gasteiger partial charge in [-0.2, -0.15) is 5.26 Å². The average molecular weight is 375 g/mol. The summed E-state index contributed by atoms with van der Waals surface area (Å²) >= 11 is 1.31. The standard InChI is InChI=1S/C21H17N3O2S/c1-27-21-23-19(17(14-22)20(25)24-21)16-11-5-6-12-18(16)26-13-7-10-15-8-3-2-4-9-15/h2-12H,13H2,1H3,(H,23,24,25). The first-order chi connectivity index (χ1) is 13.2. The van der Waals surface area contributed by atoms with Crippen LogP contribution in [0, 0.1) is 11.3 Å². The molecule has 1 aromatic heterocycles. The molecule has 0 bridgehead atoms. The summed E-state index contributed by atoms with van der Waals surface area (Å²) in [6.45, 7) is 0.354. The van der Waals surface area contributed by atoms with Gasteiger partial charge in [0, 0.05) is 5.56 Å². The minimum Gasteiger partial charge on any atom is -0.489 e. The molecule has 27 heavy (non-hydrogen) atoms. The third kappa shape index (κ3) is 4.46. The Balaban J connectivity index is 1.89. The minimum absolute atomic E-state index is 0.0244. The molecule has 0 saturated heterocycles. The SMILES string of the molecule is CSc1nc(-c2ccccc2OCC=Cc2ccccc2)c(C#N)c(=O)[nH]1. The maximum atomic E-state index is 12.2. The van der Waals surface area contributed by atoms with Gasteiger partial charge in [0.15, 0.2) is 5.16 Å². The summed E-state index contributed by atoms with van der Waals surface area (Å²) in [7, 11) is 0. The van der Waals surface area contributed by atoms with Crippen LogP contribution in [0.1, 0.15) is 11.1 Å². The van der Waals surface area contributed by atoms with Crippen LogP contribution in [0.15, 0.2) is 70.6 Å². The zero-order valence-electron chi connectivity index (χ0n) is 14.7. The minimum atomic E-state index is -0.453. The molecule has 0 aliphatic rings. The van der Waals surface area contributed by atoms with E-state index >= 15 is 0 Å². The number of para-hydroxylation sites is 1. The van der Waals surface area contributed by atoms with Gasteiger partial charge in [0.1, 0.15) is 29.7 Å². The number of rotatable bonds is 6. The third-order valence-electron chi connectivity index (χ3n) is 3.79. The molecule has 6 heteroatoms. The first-order valence-corrected chi connectivity index (χ1v) is 9.47. The molecular formula is C21H17N3O2S. The second-order valence-electron chi connectivity index (χ2n) is 5.53. The molecule has 0 unspecified atom stereocenters. The van der Waals surface area contributed by atoms with Gasteiger partial charge in [-0.05, 0) is 30.0 Å². The number of hydrogen-bond acceptors (Lipinski definition) is 5. The lowest BCUT2D eigenvalue weighted by Crippen LogP contribution is -2.15. The third-order valence-corrected chi connectivity index (χ3v) is 4.37. The van der Waals surface area contributed by atoms with Crippen molar-refractivity contribution in [2.75, 3.05) is 12.9 Å². The summed E-state index contributed by atoms with van der Waals surface area (Å²) in [5, 5.41) is 9.84. The number of thioether (sulfide) groups is 1. The zero-order valence-corrected chi connectivity index (χ0v) is 15.5. The van der Waals surface area contributed by atoms with Gasteiger partial charge in [-0.15, -0.1) is 0 Å². The van der Waals surface area contributed by atoms with Gasteiger partial charge in [-0.3, -0.25) is 4.79 Å². The molecule has 5 nitrogen and oxygen atoms in total. The predicted octanol–water partition coefficient (Wildman–Crippen LogP) is 4.12. The van der Waals surface area contributed by atoms with Crippen LogP contribution in [0.3, 0.4) is 0 Å². The molecule has 3 aromatic rings. The van der Waals surface area contributed by atoms with Crippen molar-refractivity contribution in [1.82, 2.24) is 9.97 Å². The van der Waals surface area contributed by atoms with Crippen LogP contribution in [-0.2, 0) is 0 Å². The van der Waals surface area contributed by atoms with E-state index in [0.29, 0.717) is 28.8 Å². The number of nitrogens with zero attached hydrogens (tertiary/aromatic N) is 2. The molecule has 0 amide bonds. The van der Waals surface area contributed by atoms with E-state index in [-0.39, 0.29) is 5.56 Å². The van der Waals surface area contributed by atoms with Crippen LogP contribution in [-0.4, -0.2) is 22.8 Å². The lowest BCUT2D eigenvalue weighted by molar-refractivity contribution is 0.365. The Labute approximate surface area is 161 Å². The summed E-state index contributed by atoms with van der Waals surface area (Å²) in [4.78, 5) is 19.2. The maximum Gasteiger partial charge on any atom is 0.270 e. The van der Waals surface area contributed by atoms with E-state index < -0.39 is 5.56 Å². The molecular weight excluding hydrogens is 358 g/mol. The highest BCUT2D eigenvalue weighted by molar-refractivity contribution is 7.98. The van der Waals surface area contributed by atoms with E-state index in [1.807, 2.05) is 66.9 Å². The van der Waals surface area contributed by atoms with Crippen molar-refractivity contribution in [3.63, 3.8) is 0 Å². The maximum absolute atomic E-state index is 12.2. The lowest BCUT2D eigenvalue weighted by atomic mass is 10.1. The van der Waals surface area contributed by atoms with Gasteiger partial charge in [0.2, 0.25) is 0 Å². The first kappa shape index (κ1) is 18.5. The molecule has 0 radical (unpaired) electrons. The van der Waals surface area contributed by atoms with Crippen LogP contribution in [0.2, 0.25) is 0 Å². The number of nitrogens with one attached hydrogen (secondary N) is 1. The van der Waals surface area contributed by atoms with Crippen LogP contribution >= 0.6 is 11.8 Å². The second-order valence-corrected chi connectivity index (χ2v) is 6.33. The Hall–Kier alpha value is -3.30. The molecule has 0 saturated carbocycles. The summed E-state index contributed by atoms with van der Waals surface area (Å²) in [6, 6.07) is 19.1. The lowest BCUT2D eigenvalue weighted by Gasteiger charge is -2.11. The number of benzene rings is 2. The molecule has 0 atom stereocenters. The number of aromatic amines is 1. The Morgan fingerprint density at radius 2 is 1.93 bits per heavy atom. The predicted molar refractivity (Wildman–Crippen MR) is 108 cm³/mol. The molecule has 3 rings (SSSR count). The van der Waals surface area contributed by atoms with Gasteiger partial charge in [-0.25, -0.2) is 4.98 Å². The van der Waals surface area contributed by atoms with E-state index in [1.165, 1.54) is 11.8 Å². The van der Waals surface area contributed by atoms with Gasteiger partial charge in [0.05, 0.1) is 0 Å². The molecule has 0 spiro atoms. The summed E-state index contributed by atoms with van der Waals surface area (Å²) in [6.07, 6.45) is 5.70. The van der Waals surface area contributed by atoms with Crippen molar-refractivity contribution in [3.05, 3.63) is 82.2 Å². The van der Waals surface area contributed by atoms with Gasteiger partial charge < -0.3 is 9.72 Å². The highest BCUT2D eigenvalue weighted by Gasteiger charge is 2.16. The van der Waals surface area contributed by atoms with Crippen LogP contribution < -0.4 is 10.3 Å². The highest BCUT2D eigenvalue weighted by atomic mass is 32.2. The smallest absolute Gasteiger partial charge is 0.270 e. The van der Waals surface area contributed by atoms with Crippen molar-refractivity contribution < 1.29 is 4.74 Å². The largest absolute Gasteiger partial charge is 0.489 e. The molecule has 1 N–H and O–H groups in total. The molecule has 2 aromatic carbocycles. The van der Waals surface area contributed by atoms with Crippen molar-refractivity contribution >= 4 is 17.8 Å². The second kappa shape index (κ2) is 8.88. The van der Waals surface area contributed by atoms with Gasteiger partial charge >= 0.3 is 0 Å². The number of aromatic nitrogens is 2. The molecule has 134 valence electrons. The summed E-state index contributed by atoms with van der Waals surface area (Å²) in [5.74, 6) is 0.567. The van der Waals surface area contributed by atoms with E-state index in [1.54, 1.807) is 12.1 Å². The van der Waals surface area contributed by atoms with E-state index in [4.69, 9.17) is 4.74 Å². The quantitative estimate of drug-likeness (QED) is 0.518. The van der Waals surface area contributed by atoms with E-state index in [2.05, 4.69) is 9.97 Å². The number of nitriles is 1. The molecule has 0 fully saturated rings. The van der Waals surface area contributed by atoms with Crippen molar-refractivity contribution in [3.8, 4) is 23.1 Å². The van der Waals surface area contributed by atoms with Crippen LogP contribution in [0.5, 0.6) is 5.75 Å². The van der Waals surface area contributed by atoms with Crippen molar-refractivity contribution in [2.24, 2.45) is 0 Å². The summed E-state index contributed by atoms with van der Waals surface area (Å²) in [5.41, 5.74) is 1.55. The molecule has 1 heterocycles. The van der Waals surface area contributed by atoms with Gasteiger partial charge in [-0.1, -0.05) is 60.3 Å². The average Bonchev–Trinajstić information content (AvgIpc) is 2.71. The van der Waals surface area contributed by atoms with Crippen molar-refractivity contribution in [2.45, 2.75) is 5.16 Å². The number of hydrogen-bond donors (Lipinski definition) is 1. The van der Waals surface area contributed by atoms with Crippen LogP contribution in [0.25, 0.3) is 17.3 Å². The number of H-pyrrole nitrogens is 1. The molecule has 0 aliphatic heterocycles. The Morgan fingerprint density at radius 1 is 1.19 bits per heavy atom. The Bertz CT molecular complexity index is 1050. The fourth-order valence-electron chi connectivity index (χ4n) is 2.52. The van der Waals surface area contributed by atoms with Crippen molar-refractivity contribution in [1.29, 1.82) is 5.26 Å². The summed E-state index contributed by atoms with van der Waals surface area (Å²) < 4.78 is 5.87. The van der Waals surface area contributed by atoms with Crippen LogP contribution in [0.4, 0.5) is 0 Å². The van der Waals surface area contributed by atoms with E-state index in [9.17, 15) is 10.1 Å². The Morgan fingerprint density at radius 3 is 2.67 bits per heavy atom. The zero-order chi connectivity index (χ0) is 19.1. The highest BCUT2D eigenvalue weighted by Crippen LogP contribution is 2.30. The fraction of sp³-hybridized carbons (Fsp3) is 0.0952. The Kier molecular flexibility index (Phi) is 6.08. The molecule has 0 aliphatic carbocycles.